The monoisotopic (exact) mass is 378 g/mol. The third-order valence-corrected chi connectivity index (χ3v) is 5.06. The Labute approximate surface area is 164 Å². The average Bonchev–Trinajstić information content (AvgIpc) is 2.68. The lowest BCUT2D eigenvalue weighted by atomic mass is 10.0. The summed E-state index contributed by atoms with van der Waals surface area (Å²) in [6.07, 6.45) is 0.429. The molecule has 1 aromatic heterocycles. The highest BCUT2D eigenvalue weighted by Gasteiger charge is 2.15. The first kappa shape index (κ1) is 18.7. The van der Waals surface area contributed by atoms with Crippen LogP contribution in [0.4, 0.5) is 4.39 Å². The van der Waals surface area contributed by atoms with E-state index < -0.39 is 0 Å². The SMILES string of the molecule is CC(=O)Cc1ccc(-c2cc(CN3CCOCC3)c3ccc(F)cc3n2)cc1. The summed E-state index contributed by atoms with van der Waals surface area (Å²) in [5, 5.41) is 0.977. The minimum absolute atomic E-state index is 0.139. The van der Waals surface area contributed by atoms with Crippen LogP contribution in [0.15, 0.2) is 48.5 Å². The van der Waals surface area contributed by atoms with E-state index >= 15 is 0 Å². The average molecular weight is 378 g/mol. The molecule has 4 nitrogen and oxygen atoms in total. The summed E-state index contributed by atoms with van der Waals surface area (Å²) < 4.78 is 19.3. The molecule has 3 aromatic rings. The van der Waals surface area contributed by atoms with Crippen LogP contribution in [-0.2, 0) is 22.5 Å². The van der Waals surface area contributed by atoms with Gasteiger partial charge in [0.1, 0.15) is 11.6 Å². The Bertz CT molecular complexity index is 995. The molecular formula is C23H23FN2O2. The molecule has 0 atom stereocenters. The molecule has 2 heterocycles. The van der Waals surface area contributed by atoms with Crippen molar-refractivity contribution in [2.45, 2.75) is 19.9 Å². The number of aromatic nitrogens is 1. The van der Waals surface area contributed by atoms with E-state index in [4.69, 9.17) is 9.72 Å². The first-order valence-electron chi connectivity index (χ1n) is 9.56. The molecule has 0 aliphatic carbocycles. The van der Waals surface area contributed by atoms with Gasteiger partial charge in [-0.05, 0) is 36.2 Å². The van der Waals surface area contributed by atoms with Crippen LogP contribution >= 0.6 is 0 Å². The predicted octanol–water partition coefficient (Wildman–Crippen LogP) is 4.00. The minimum atomic E-state index is -0.286. The molecule has 0 N–H and O–H groups in total. The number of morpholine rings is 1. The van der Waals surface area contributed by atoms with Crippen LogP contribution in [0.1, 0.15) is 18.1 Å². The zero-order chi connectivity index (χ0) is 19.5. The molecule has 2 aromatic carbocycles. The minimum Gasteiger partial charge on any atom is -0.379 e. The van der Waals surface area contributed by atoms with Crippen molar-refractivity contribution in [1.82, 2.24) is 9.88 Å². The summed E-state index contributed by atoms with van der Waals surface area (Å²) in [4.78, 5) is 18.4. The molecular weight excluding hydrogens is 355 g/mol. The number of ketones is 1. The van der Waals surface area contributed by atoms with E-state index in [0.29, 0.717) is 11.9 Å². The van der Waals surface area contributed by atoms with Gasteiger partial charge in [0.15, 0.2) is 0 Å². The number of carbonyl (C=O) groups excluding carboxylic acids is 1. The number of ether oxygens (including phenoxy) is 1. The van der Waals surface area contributed by atoms with E-state index in [-0.39, 0.29) is 11.6 Å². The fraction of sp³-hybridized carbons (Fsp3) is 0.304. The van der Waals surface area contributed by atoms with Crippen molar-refractivity contribution in [3.63, 3.8) is 0 Å². The van der Waals surface area contributed by atoms with Crippen LogP contribution in [0.25, 0.3) is 22.2 Å². The van der Waals surface area contributed by atoms with Gasteiger partial charge in [-0.15, -0.1) is 0 Å². The van der Waals surface area contributed by atoms with Gasteiger partial charge in [-0.2, -0.15) is 0 Å². The summed E-state index contributed by atoms with van der Waals surface area (Å²) in [5.41, 5.74) is 4.55. The normalized spacial score (nSPS) is 15.1. The Hall–Kier alpha value is -2.63. The highest BCUT2D eigenvalue weighted by atomic mass is 19.1. The Kier molecular flexibility index (Phi) is 5.46. The number of nitrogens with zero attached hydrogens (tertiary/aromatic N) is 2. The number of hydrogen-bond acceptors (Lipinski definition) is 4. The van der Waals surface area contributed by atoms with Crippen molar-refractivity contribution in [2.75, 3.05) is 26.3 Å². The van der Waals surface area contributed by atoms with E-state index in [0.717, 1.165) is 60.6 Å². The Balaban J connectivity index is 1.72. The first-order valence-corrected chi connectivity index (χ1v) is 9.56. The van der Waals surface area contributed by atoms with E-state index in [1.165, 1.54) is 12.1 Å². The van der Waals surface area contributed by atoms with Crippen molar-refractivity contribution >= 4 is 16.7 Å². The molecule has 1 saturated heterocycles. The van der Waals surface area contributed by atoms with Gasteiger partial charge in [-0.3, -0.25) is 9.69 Å². The van der Waals surface area contributed by atoms with Crippen LogP contribution < -0.4 is 0 Å². The van der Waals surface area contributed by atoms with Gasteiger partial charge in [0.2, 0.25) is 0 Å². The molecule has 144 valence electrons. The van der Waals surface area contributed by atoms with E-state index in [1.807, 2.05) is 30.3 Å². The number of benzene rings is 2. The highest BCUT2D eigenvalue weighted by Crippen LogP contribution is 2.27. The summed E-state index contributed by atoms with van der Waals surface area (Å²) >= 11 is 0. The molecule has 0 saturated carbocycles. The molecule has 28 heavy (non-hydrogen) atoms. The Morgan fingerprint density at radius 2 is 1.86 bits per heavy atom. The quantitative estimate of drug-likeness (QED) is 0.673. The largest absolute Gasteiger partial charge is 0.379 e. The second-order valence-corrected chi connectivity index (χ2v) is 7.29. The maximum atomic E-state index is 13.8. The van der Waals surface area contributed by atoms with Crippen molar-refractivity contribution in [3.8, 4) is 11.3 Å². The number of fused-ring (bicyclic) bond motifs is 1. The number of rotatable bonds is 5. The van der Waals surface area contributed by atoms with Crippen LogP contribution in [-0.4, -0.2) is 42.0 Å². The van der Waals surface area contributed by atoms with Gasteiger partial charge in [0.05, 0.1) is 24.4 Å². The van der Waals surface area contributed by atoms with Gasteiger partial charge in [-0.25, -0.2) is 9.37 Å². The van der Waals surface area contributed by atoms with E-state index in [9.17, 15) is 9.18 Å². The van der Waals surface area contributed by atoms with Crippen LogP contribution in [0.5, 0.6) is 0 Å². The van der Waals surface area contributed by atoms with Crippen LogP contribution in [0, 0.1) is 5.82 Å². The third-order valence-electron chi connectivity index (χ3n) is 5.06. The fourth-order valence-corrected chi connectivity index (χ4v) is 3.63. The van der Waals surface area contributed by atoms with Crippen molar-refractivity contribution in [3.05, 3.63) is 65.5 Å². The second-order valence-electron chi connectivity index (χ2n) is 7.29. The number of hydrogen-bond donors (Lipinski definition) is 0. The molecule has 0 radical (unpaired) electrons. The second kappa shape index (κ2) is 8.17. The summed E-state index contributed by atoms with van der Waals surface area (Å²) in [6.45, 7) is 5.62. The van der Waals surface area contributed by atoms with Gasteiger partial charge in [0.25, 0.3) is 0 Å². The maximum absolute atomic E-state index is 13.8. The summed E-state index contributed by atoms with van der Waals surface area (Å²) in [6, 6.07) is 14.7. The standard InChI is InChI=1S/C23H23FN2O2/c1-16(27)12-17-2-4-18(5-3-17)22-13-19(15-26-8-10-28-11-9-26)21-7-6-20(24)14-23(21)25-22/h2-7,13-14H,8-12,15H2,1H3. The van der Waals surface area contributed by atoms with Gasteiger partial charge < -0.3 is 4.74 Å². The molecule has 0 bridgehead atoms. The number of halogens is 1. The lowest BCUT2D eigenvalue weighted by Gasteiger charge is -2.27. The molecule has 1 fully saturated rings. The molecule has 0 spiro atoms. The summed E-state index contributed by atoms with van der Waals surface area (Å²) in [7, 11) is 0. The van der Waals surface area contributed by atoms with Crippen molar-refractivity contribution < 1.29 is 13.9 Å². The van der Waals surface area contributed by atoms with Crippen LogP contribution in [0.2, 0.25) is 0 Å². The zero-order valence-electron chi connectivity index (χ0n) is 16.0. The van der Waals surface area contributed by atoms with Crippen LogP contribution in [0.3, 0.4) is 0 Å². The smallest absolute Gasteiger partial charge is 0.134 e. The molecule has 0 unspecified atom stereocenters. The molecule has 0 amide bonds. The maximum Gasteiger partial charge on any atom is 0.134 e. The lowest BCUT2D eigenvalue weighted by Crippen LogP contribution is -2.35. The third kappa shape index (κ3) is 4.26. The molecule has 1 aliphatic rings. The first-order chi connectivity index (χ1) is 13.6. The van der Waals surface area contributed by atoms with E-state index in [1.54, 1.807) is 6.92 Å². The number of carbonyl (C=O) groups is 1. The summed E-state index contributed by atoms with van der Waals surface area (Å²) in [5.74, 6) is -0.147. The lowest BCUT2D eigenvalue weighted by molar-refractivity contribution is -0.116. The van der Waals surface area contributed by atoms with Gasteiger partial charge in [0, 0.05) is 43.1 Å². The van der Waals surface area contributed by atoms with Gasteiger partial charge >= 0.3 is 0 Å². The van der Waals surface area contributed by atoms with Gasteiger partial charge in [-0.1, -0.05) is 24.3 Å². The Morgan fingerprint density at radius 1 is 1.11 bits per heavy atom. The zero-order valence-corrected chi connectivity index (χ0v) is 16.0. The predicted molar refractivity (Wildman–Crippen MR) is 108 cm³/mol. The molecule has 4 rings (SSSR count). The Morgan fingerprint density at radius 3 is 2.57 bits per heavy atom. The van der Waals surface area contributed by atoms with Crippen molar-refractivity contribution in [1.29, 1.82) is 0 Å². The molecule has 5 heteroatoms. The molecule has 1 aliphatic heterocycles. The highest BCUT2D eigenvalue weighted by molar-refractivity contribution is 5.85. The number of pyridine rings is 1. The topological polar surface area (TPSA) is 42.4 Å². The van der Waals surface area contributed by atoms with Crippen molar-refractivity contribution in [2.24, 2.45) is 0 Å². The van der Waals surface area contributed by atoms with E-state index in [2.05, 4.69) is 11.0 Å². The number of Topliss-reactive ketones (excluding diaryl/α,β-unsaturated/α-hetero) is 1. The fourth-order valence-electron chi connectivity index (χ4n) is 3.63.